The zero-order valence-corrected chi connectivity index (χ0v) is 16.6. The monoisotopic (exact) mass is 533 g/mol. The van der Waals surface area contributed by atoms with E-state index in [0.29, 0.717) is 0 Å². The maximum Gasteiger partial charge on any atom is 0.169 e. The third-order valence-corrected chi connectivity index (χ3v) is 8.20. The summed E-state index contributed by atoms with van der Waals surface area (Å²) < 4.78 is 16.2. The lowest BCUT2D eigenvalue weighted by molar-refractivity contribution is 0.624. The molecule has 0 saturated heterocycles. The van der Waals surface area contributed by atoms with Crippen LogP contribution in [0, 0.1) is 13.0 Å². The largest absolute Gasteiger partial charge is 0.207 e. The molecule has 22 heavy (non-hydrogen) atoms. The van der Waals surface area contributed by atoms with Crippen LogP contribution < -0.4 is 0 Å². The predicted octanol–water partition coefficient (Wildman–Crippen LogP) is 6.13. The molecule has 0 bridgehead atoms. The van der Waals surface area contributed by atoms with Crippen molar-refractivity contribution >= 4 is 56.1 Å². The van der Waals surface area contributed by atoms with Crippen molar-refractivity contribution in [3.8, 4) is 0 Å². The number of benzene rings is 3. The highest BCUT2D eigenvalue weighted by atomic mass is 127. The van der Waals surface area contributed by atoms with Crippen LogP contribution >= 0.6 is 45.2 Å². The number of hydrogen-bond acceptors (Lipinski definition) is 0. The minimum atomic E-state index is -0.292. The SMILES string of the molecule is Fc1cccc([S+](c2ccccc2)c2ccc(I)c(I)c2)c1. The summed E-state index contributed by atoms with van der Waals surface area (Å²) in [5, 5.41) is 0. The summed E-state index contributed by atoms with van der Waals surface area (Å²) in [6.07, 6.45) is 0. The molecule has 0 radical (unpaired) electrons. The molecule has 0 saturated carbocycles. The Morgan fingerprint density at radius 1 is 0.636 bits per heavy atom. The van der Waals surface area contributed by atoms with Crippen molar-refractivity contribution in [1.29, 1.82) is 0 Å². The summed E-state index contributed by atoms with van der Waals surface area (Å²) in [4.78, 5) is 3.41. The summed E-state index contributed by atoms with van der Waals surface area (Å²) in [5.41, 5.74) is 0. The predicted molar refractivity (Wildman–Crippen MR) is 107 cm³/mol. The minimum absolute atomic E-state index is 0.189. The van der Waals surface area contributed by atoms with Gasteiger partial charge in [0.05, 0.1) is 10.9 Å². The standard InChI is InChI=1S/C18H12FI2S/c19-13-5-4-8-15(11-13)22(14-6-2-1-3-7-14)16-9-10-17(20)18(21)12-16/h1-12H/q+1. The molecule has 0 fully saturated rings. The first-order valence-corrected chi connectivity index (χ1v) is 10.0. The number of hydrogen-bond donors (Lipinski definition) is 0. The average Bonchev–Trinajstić information content (AvgIpc) is 2.52. The van der Waals surface area contributed by atoms with Crippen LogP contribution in [0.4, 0.5) is 4.39 Å². The summed E-state index contributed by atoms with van der Waals surface area (Å²) in [6.45, 7) is 0. The van der Waals surface area contributed by atoms with E-state index in [0.717, 1.165) is 4.90 Å². The Balaban J connectivity index is 2.16. The molecular formula is C18H12FI2S+. The summed E-state index contributed by atoms with van der Waals surface area (Å²) in [6, 6.07) is 23.7. The second kappa shape index (κ2) is 7.31. The molecular weight excluding hydrogens is 521 g/mol. The van der Waals surface area contributed by atoms with Gasteiger partial charge in [-0.05, 0) is 81.6 Å². The van der Waals surface area contributed by atoms with Gasteiger partial charge in [-0.15, -0.1) is 0 Å². The first kappa shape index (κ1) is 16.3. The highest BCUT2D eigenvalue weighted by Gasteiger charge is 2.29. The zero-order valence-electron chi connectivity index (χ0n) is 11.5. The molecule has 3 rings (SSSR count). The van der Waals surface area contributed by atoms with E-state index in [4.69, 9.17) is 0 Å². The van der Waals surface area contributed by atoms with E-state index in [1.54, 1.807) is 12.1 Å². The maximum atomic E-state index is 13.7. The third kappa shape index (κ3) is 3.65. The van der Waals surface area contributed by atoms with Crippen LogP contribution in [-0.2, 0) is 10.9 Å². The van der Waals surface area contributed by atoms with Crippen LogP contribution in [0.2, 0.25) is 0 Å². The second-order valence-electron chi connectivity index (χ2n) is 4.65. The Bertz CT molecular complexity index is 790. The first-order chi connectivity index (χ1) is 10.6. The molecule has 0 aliphatic rings. The van der Waals surface area contributed by atoms with Gasteiger partial charge in [0.1, 0.15) is 5.82 Å². The molecule has 0 aromatic heterocycles. The van der Waals surface area contributed by atoms with E-state index in [2.05, 4.69) is 75.5 Å². The lowest BCUT2D eigenvalue weighted by Gasteiger charge is -2.09. The first-order valence-electron chi connectivity index (χ1n) is 6.65. The minimum Gasteiger partial charge on any atom is -0.207 e. The van der Waals surface area contributed by atoms with Gasteiger partial charge in [0.15, 0.2) is 14.7 Å². The van der Waals surface area contributed by atoms with Gasteiger partial charge in [0, 0.05) is 19.3 Å². The molecule has 0 N–H and O–H groups in total. The average molecular weight is 533 g/mol. The molecule has 3 aromatic rings. The Morgan fingerprint density at radius 2 is 1.32 bits per heavy atom. The maximum absolute atomic E-state index is 13.7. The molecule has 0 nitrogen and oxygen atoms in total. The van der Waals surface area contributed by atoms with Crippen LogP contribution in [0.25, 0.3) is 0 Å². The fourth-order valence-corrected chi connectivity index (χ4v) is 5.36. The smallest absolute Gasteiger partial charge is 0.169 e. The van der Waals surface area contributed by atoms with Crippen LogP contribution in [0.15, 0.2) is 87.5 Å². The summed E-state index contributed by atoms with van der Waals surface area (Å²) in [7, 11) is -0.292. The fraction of sp³-hybridized carbons (Fsp3) is 0. The fourth-order valence-electron chi connectivity index (χ4n) is 2.16. The summed E-state index contributed by atoms with van der Waals surface area (Å²) >= 11 is 4.69. The molecule has 0 amide bonds. The van der Waals surface area contributed by atoms with Gasteiger partial charge in [-0.1, -0.05) is 24.3 Å². The van der Waals surface area contributed by atoms with E-state index < -0.39 is 0 Å². The molecule has 0 aliphatic carbocycles. The molecule has 1 atom stereocenters. The Morgan fingerprint density at radius 3 is 2.00 bits per heavy atom. The third-order valence-electron chi connectivity index (χ3n) is 3.14. The van der Waals surface area contributed by atoms with Gasteiger partial charge in [0.25, 0.3) is 0 Å². The molecule has 110 valence electrons. The van der Waals surface area contributed by atoms with Gasteiger partial charge in [0.2, 0.25) is 0 Å². The van der Waals surface area contributed by atoms with Crippen molar-refractivity contribution < 1.29 is 4.39 Å². The van der Waals surface area contributed by atoms with Crippen molar-refractivity contribution in [2.45, 2.75) is 14.7 Å². The Hall–Kier alpha value is -0.600. The highest BCUT2D eigenvalue weighted by molar-refractivity contribution is 14.1. The molecule has 3 aromatic carbocycles. The molecule has 1 unspecified atom stereocenters. The van der Waals surface area contributed by atoms with Gasteiger partial charge in [-0.3, -0.25) is 0 Å². The van der Waals surface area contributed by atoms with E-state index in [1.165, 1.54) is 23.0 Å². The van der Waals surface area contributed by atoms with Gasteiger partial charge in [-0.2, -0.15) is 0 Å². The number of rotatable bonds is 3. The topological polar surface area (TPSA) is 0 Å². The van der Waals surface area contributed by atoms with Crippen LogP contribution in [0.3, 0.4) is 0 Å². The second-order valence-corrected chi connectivity index (χ2v) is 9.00. The van der Waals surface area contributed by atoms with Crippen molar-refractivity contribution in [2.24, 2.45) is 0 Å². The van der Waals surface area contributed by atoms with Crippen LogP contribution in [0.5, 0.6) is 0 Å². The van der Waals surface area contributed by atoms with Gasteiger partial charge in [-0.25, -0.2) is 4.39 Å². The summed E-state index contributed by atoms with van der Waals surface area (Å²) in [5.74, 6) is -0.189. The van der Waals surface area contributed by atoms with Crippen LogP contribution in [0.1, 0.15) is 0 Å². The normalized spacial score (nSPS) is 12.1. The van der Waals surface area contributed by atoms with E-state index >= 15 is 0 Å². The molecule has 0 spiro atoms. The van der Waals surface area contributed by atoms with E-state index in [1.807, 2.05) is 24.3 Å². The molecule has 4 heteroatoms. The number of halogens is 3. The Labute approximate surface area is 159 Å². The Kier molecular flexibility index (Phi) is 5.41. The zero-order chi connectivity index (χ0) is 15.5. The van der Waals surface area contributed by atoms with Crippen molar-refractivity contribution in [3.63, 3.8) is 0 Å². The molecule has 0 aliphatic heterocycles. The lowest BCUT2D eigenvalue weighted by atomic mass is 10.3. The molecule has 0 heterocycles. The van der Waals surface area contributed by atoms with Gasteiger partial charge < -0.3 is 0 Å². The van der Waals surface area contributed by atoms with Crippen molar-refractivity contribution in [3.05, 3.63) is 85.8 Å². The highest BCUT2D eigenvalue weighted by Crippen LogP contribution is 2.33. The van der Waals surface area contributed by atoms with Crippen LogP contribution in [-0.4, -0.2) is 0 Å². The van der Waals surface area contributed by atoms with E-state index in [9.17, 15) is 4.39 Å². The lowest BCUT2D eigenvalue weighted by Crippen LogP contribution is -2.05. The van der Waals surface area contributed by atoms with Gasteiger partial charge >= 0.3 is 0 Å². The van der Waals surface area contributed by atoms with Crippen molar-refractivity contribution in [2.75, 3.05) is 0 Å². The van der Waals surface area contributed by atoms with E-state index in [-0.39, 0.29) is 16.7 Å². The van der Waals surface area contributed by atoms with Crippen molar-refractivity contribution in [1.82, 2.24) is 0 Å². The quantitative estimate of drug-likeness (QED) is 0.281.